The molecule has 3 nitrogen and oxygen atoms in total. The minimum absolute atomic E-state index is 0.0733. The summed E-state index contributed by atoms with van der Waals surface area (Å²) in [6.07, 6.45) is -0.673. The van der Waals surface area contributed by atoms with Gasteiger partial charge in [0.1, 0.15) is 0 Å². The Hall–Kier alpha value is -0.865. The van der Waals surface area contributed by atoms with Crippen molar-refractivity contribution in [2.75, 3.05) is 0 Å². The predicted octanol–water partition coefficient (Wildman–Crippen LogP) is 1.69. The highest BCUT2D eigenvalue weighted by molar-refractivity contribution is 6.62. The zero-order valence-corrected chi connectivity index (χ0v) is 9.92. The summed E-state index contributed by atoms with van der Waals surface area (Å²) in [4.78, 5) is 3.71. The SMILES string of the molecule is [2H]c1nc([2H])c(C([2H])[2H])c([2H])c1B1OC(C)(C)C(C)(C)O1. The van der Waals surface area contributed by atoms with Crippen LogP contribution in [-0.2, 0) is 9.31 Å². The lowest BCUT2D eigenvalue weighted by Gasteiger charge is -2.32. The van der Waals surface area contributed by atoms with E-state index in [0.29, 0.717) is 0 Å². The summed E-state index contributed by atoms with van der Waals surface area (Å²) in [6, 6.07) is -0.242. The van der Waals surface area contributed by atoms with E-state index in [2.05, 4.69) is 4.98 Å². The second-order valence-electron chi connectivity index (χ2n) is 4.88. The number of pyridine rings is 1. The number of nitrogens with zero attached hydrogens (tertiary/aromatic N) is 1. The van der Waals surface area contributed by atoms with E-state index in [-0.39, 0.29) is 29.4 Å². The number of hydrogen-bond acceptors (Lipinski definition) is 3. The smallest absolute Gasteiger partial charge is 0.399 e. The Labute approximate surface area is 104 Å². The van der Waals surface area contributed by atoms with Crippen molar-refractivity contribution in [2.24, 2.45) is 0 Å². The van der Waals surface area contributed by atoms with Crippen molar-refractivity contribution in [1.82, 2.24) is 4.98 Å². The van der Waals surface area contributed by atoms with Crippen LogP contribution in [-0.4, -0.2) is 23.3 Å². The first-order valence-electron chi connectivity index (χ1n) is 7.81. The van der Waals surface area contributed by atoms with E-state index in [0.717, 1.165) is 0 Å². The largest absolute Gasteiger partial charge is 0.496 e. The van der Waals surface area contributed by atoms with E-state index in [1.165, 1.54) is 0 Å². The van der Waals surface area contributed by atoms with E-state index in [1.54, 1.807) is 0 Å². The van der Waals surface area contributed by atoms with Crippen LogP contribution in [0.25, 0.3) is 0 Å². The van der Waals surface area contributed by atoms with Gasteiger partial charge in [0, 0.05) is 20.6 Å². The van der Waals surface area contributed by atoms with Crippen molar-refractivity contribution in [3.8, 4) is 0 Å². The third kappa shape index (κ3) is 1.87. The maximum Gasteiger partial charge on any atom is 0.496 e. The molecule has 1 aliphatic rings. The molecule has 1 aromatic rings. The van der Waals surface area contributed by atoms with E-state index in [9.17, 15) is 0 Å². The summed E-state index contributed by atoms with van der Waals surface area (Å²) in [5.74, 6) is 0. The Morgan fingerprint density at radius 2 is 1.88 bits per heavy atom. The molecule has 1 aliphatic heterocycles. The molecular formula is C12H18BNO2. The molecule has 2 rings (SSSR count). The quantitative estimate of drug-likeness (QED) is 0.680. The zero-order valence-electron chi connectivity index (χ0n) is 14.9. The topological polar surface area (TPSA) is 31.4 Å². The Balaban J connectivity index is 2.54. The molecule has 0 aliphatic carbocycles. The van der Waals surface area contributed by atoms with Gasteiger partial charge in [-0.2, -0.15) is 0 Å². The molecule has 1 aromatic heterocycles. The molecule has 0 saturated carbocycles. The molecule has 0 bridgehead atoms. The zero-order chi connectivity index (χ0) is 16.2. The first-order chi connectivity index (χ1) is 9.48. The van der Waals surface area contributed by atoms with Crippen molar-refractivity contribution in [2.45, 2.75) is 45.8 Å². The molecule has 2 heterocycles. The van der Waals surface area contributed by atoms with Crippen LogP contribution in [0.1, 0.15) is 40.1 Å². The first kappa shape index (κ1) is 6.77. The highest BCUT2D eigenvalue weighted by atomic mass is 16.7. The van der Waals surface area contributed by atoms with Gasteiger partial charge in [0.2, 0.25) is 0 Å². The third-order valence-electron chi connectivity index (χ3n) is 3.11. The molecule has 0 aromatic carbocycles. The normalized spacial score (nSPS) is 27.1. The maximum atomic E-state index is 8.10. The van der Waals surface area contributed by atoms with Gasteiger partial charge in [-0.3, -0.25) is 4.98 Å². The van der Waals surface area contributed by atoms with Crippen molar-refractivity contribution in [1.29, 1.82) is 0 Å². The van der Waals surface area contributed by atoms with Gasteiger partial charge < -0.3 is 9.31 Å². The highest BCUT2D eigenvalue weighted by Crippen LogP contribution is 2.36. The van der Waals surface area contributed by atoms with Crippen molar-refractivity contribution < 1.29 is 16.2 Å². The lowest BCUT2D eigenvalue weighted by Crippen LogP contribution is -2.41. The van der Waals surface area contributed by atoms with E-state index >= 15 is 0 Å². The highest BCUT2D eigenvalue weighted by Gasteiger charge is 2.51. The first-order valence-corrected chi connectivity index (χ1v) is 5.15. The minimum atomic E-state index is -1.51. The van der Waals surface area contributed by atoms with Crippen LogP contribution in [0.2, 0.25) is 0 Å². The molecule has 1 fully saturated rings. The summed E-state index contributed by atoms with van der Waals surface area (Å²) in [5, 5.41) is 0. The van der Waals surface area contributed by atoms with Gasteiger partial charge in [-0.25, -0.2) is 0 Å². The van der Waals surface area contributed by atoms with Gasteiger partial charge in [0.15, 0.2) is 0 Å². The lowest BCUT2D eigenvalue weighted by atomic mass is 9.80. The molecule has 0 N–H and O–H groups in total. The second kappa shape index (κ2) is 3.57. The molecule has 0 radical (unpaired) electrons. The summed E-state index contributed by atoms with van der Waals surface area (Å²) in [6.45, 7) is 5.90. The van der Waals surface area contributed by atoms with Crippen LogP contribution < -0.4 is 5.46 Å². The number of rotatable bonds is 1. The standard InChI is InChI=1S/C12H18BNO2/c1-9-6-10(8-14-7-9)13-15-11(2,3)12(4,5)16-13/h6-8H,1-5H3/i1D2,6D,7D,8D. The lowest BCUT2D eigenvalue weighted by molar-refractivity contribution is 0.00578. The molecule has 16 heavy (non-hydrogen) atoms. The molecule has 0 atom stereocenters. The van der Waals surface area contributed by atoms with Gasteiger partial charge >= 0.3 is 7.12 Å². The fourth-order valence-corrected chi connectivity index (χ4v) is 1.42. The van der Waals surface area contributed by atoms with Crippen LogP contribution in [0.5, 0.6) is 0 Å². The maximum absolute atomic E-state index is 8.10. The number of aromatic nitrogens is 1. The second-order valence-corrected chi connectivity index (χ2v) is 4.88. The van der Waals surface area contributed by atoms with Crippen molar-refractivity contribution in [3.63, 3.8) is 0 Å². The monoisotopic (exact) mass is 224 g/mol. The van der Waals surface area contributed by atoms with Crippen LogP contribution >= 0.6 is 0 Å². The summed E-state index contributed by atoms with van der Waals surface area (Å²) < 4.78 is 50.1. The van der Waals surface area contributed by atoms with Crippen molar-refractivity contribution in [3.05, 3.63) is 24.0 Å². The Bertz CT molecular complexity index is 563. The molecule has 1 saturated heterocycles. The fraction of sp³-hybridized carbons (Fsp3) is 0.583. The average molecular weight is 224 g/mol. The summed E-state index contributed by atoms with van der Waals surface area (Å²) in [5.41, 5.74) is -1.32. The van der Waals surface area contributed by atoms with Gasteiger partial charge in [-0.05, 0) is 40.1 Å². The van der Waals surface area contributed by atoms with E-state index < -0.39 is 25.2 Å². The number of hydrogen-bond donors (Lipinski definition) is 0. The summed E-state index contributed by atoms with van der Waals surface area (Å²) >= 11 is 0. The predicted molar refractivity (Wildman–Crippen MR) is 64.7 cm³/mol. The molecule has 4 heteroatoms. The average Bonchev–Trinajstić information content (AvgIpc) is 2.45. The van der Waals surface area contributed by atoms with Gasteiger partial charge in [-0.1, -0.05) is 6.04 Å². The molecule has 0 unspecified atom stereocenters. The van der Waals surface area contributed by atoms with Crippen LogP contribution in [0.15, 0.2) is 18.4 Å². The minimum Gasteiger partial charge on any atom is -0.399 e. The Kier molecular flexibility index (Phi) is 1.51. The Morgan fingerprint density at radius 1 is 1.25 bits per heavy atom. The third-order valence-corrected chi connectivity index (χ3v) is 3.11. The molecule has 0 amide bonds. The van der Waals surface area contributed by atoms with E-state index in [4.69, 9.17) is 16.2 Å². The molecule has 86 valence electrons. The van der Waals surface area contributed by atoms with Gasteiger partial charge in [0.05, 0.1) is 15.3 Å². The van der Waals surface area contributed by atoms with Crippen LogP contribution in [0.4, 0.5) is 0 Å². The van der Waals surface area contributed by atoms with Crippen LogP contribution in [0.3, 0.4) is 0 Å². The van der Waals surface area contributed by atoms with Crippen molar-refractivity contribution >= 4 is 12.6 Å². The van der Waals surface area contributed by atoms with Gasteiger partial charge in [-0.15, -0.1) is 0 Å². The summed E-state index contributed by atoms with van der Waals surface area (Å²) in [7, 11) is -0.958. The van der Waals surface area contributed by atoms with Gasteiger partial charge in [0.25, 0.3) is 0 Å². The van der Waals surface area contributed by atoms with E-state index in [1.807, 2.05) is 27.7 Å². The molecule has 0 spiro atoms. The fourth-order valence-electron chi connectivity index (χ4n) is 1.42. The van der Waals surface area contributed by atoms with Crippen LogP contribution in [0, 0.1) is 6.88 Å². The Morgan fingerprint density at radius 3 is 2.44 bits per heavy atom. The molecular weight excluding hydrogens is 201 g/mol.